The molecule has 1 aromatic carbocycles. The Kier molecular flexibility index (Phi) is 2.38. The summed E-state index contributed by atoms with van der Waals surface area (Å²) in [6.45, 7) is 4.74. The van der Waals surface area contributed by atoms with Gasteiger partial charge in [0.2, 0.25) is 0 Å². The minimum absolute atomic E-state index is 0.835. The summed E-state index contributed by atoms with van der Waals surface area (Å²) in [6, 6.07) is 8.99. The van der Waals surface area contributed by atoms with Crippen LogP contribution < -0.4 is 0 Å². The van der Waals surface area contributed by atoms with Crippen LogP contribution in [0, 0.1) is 11.8 Å². The molecule has 0 nitrogen and oxygen atoms in total. The maximum Gasteiger partial charge on any atom is -0.00550 e. The standard InChI is InChI=1S/C16H20/c1-11(2)12-7-8-14-9-13-5-3-4-6-15(13)16(14)10-12/h3-6,11-12H,7-10H2,1-2H3. The SMILES string of the molecule is CC(C)C1CCC2=C(C1)c1ccccc1C2. The highest BCUT2D eigenvalue weighted by Crippen LogP contribution is 2.45. The Hall–Kier alpha value is -1.04. The molecule has 1 aromatic rings. The fraction of sp³-hybridized carbons (Fsp3) is 0.500. The van der Waals surface area contributed by atoms with Crippen LogP contribution >= 0.6 is 0 Å². The van der Waals surface area contributed by atoms with Gasteiger partial charge in [-0.25, -0.2) is 0 Å². The molecule has 0 N–H and O–H groups in total. The number of rotatable bonds is 1. The zero-order valence-electron chi connectivity index (χ0n) is 10.3. The van der Waals surface area contributed by atoms with Crippen molar-refractivity contribution in [2.45, 2.75) is 39.5 Å². The Morgan fingerprint density at radius 3 is 2.81 bits per heavy atom. The molecule has 0 amide bonds. The predicted molar refractivity (Wildman–Crippen MR) is 69.2 cm³/mol. The van der Waals surface area contributed by atoms with E-state index in [9.17, 15) is 0 Å². The summed E-state index contributed by atoms with van der Waals surface area (Å²) in [5, 5.41) is 0. The molecule has 0 spiro atoms. The van der Waals surface area contributed by atoms with Crippen LogP contribution in [0.1, 0.15) is 44.2 Å². The molecule has 0 saturated heterocycles. The van der Waals surface area contributed by atoms with Crippen LogP contribution in [0.5, 0.6) is 0 Å². The molecule has 1 unspecified atom stereocenters. The number of fused-ring (bicyclic) bond motifs is 2. The molecule has 0 fully saturated rings. The van der Waals surface area contributed by atoms with E-state index in [-0.39, 0.29) is 0 Å². The molecular formula is C16H20. The van der Waals surface area contributed by atoms with Crippen molar-refractivity contribution in [3.63, 3.8) is 0 Å². The molecule has 0 radical (unpaired) electrons. The second-order valence-corrected chi connectivity index (χ2v) is 5.66. The van der Waals surface area contributed by atoms with Gasteiger partial charge in [-0.2, -0.15) is 0 Å². The number of hydrogen-bond donors (Lipinski definition) is 0. The van der Waals surface area contributed by atoms with E-state index >= 15 is 0 Å². The summed E-state index contributed by atoms with van der Waals surface area (Å²) in [6.07, 6.45) is 5.30. The third kappa shape index (κ3) is 1.52. The molecule has 0 aliphatic heterocycles. The normalized spacial score (nSPS) is 23.6. The third-order valence-electron chi connectivity index (χ3n) is 4.40. The minimum Gasteiger partial charge on any atom is -0.0625 e. The van der Waals surface area contributed by atoms with E-state index in [1.165, 1.54) is 25.7 Å². The molecule has 3 rings (SSSR count). The highest BCUT2D eigenvalue weighted by atomic mass is 14.3. The highest BCUT2D eigenvalue weighted by Gasteiger charge is 2.28. The first-order chi connectivity index (χ1) is 7.75. The highest BCUT2D eigenvalue weighted by molar-refractivity contribution is 5.77. The number of allylic oxidation sites excluding steroid dienone is 2. The Balaban J connectivity index is 1.94. The second kappa shape index (κ2) is 3.76. The van der Waals surface area contributed by atoms with Gasteiger partial charge in [0.25, 0.3) is 0 Å². The predicted octanol–water partition coefficient (Wildman–Crippen LogP) is 4.45. The Morgan fingerprint density at radius 1 is 1.19 bits per heavy atom. The van der Waals surface area contributed by atoms with Crippen LogP contribution in [-0.2, 0) is 6.42 Å². The van der Waals surface area contributed by atoms with Crippen LogP contribution in [0.2, 0.25) is 0 Å². The topological polar surface area (TPSA) is 0 Å². The average Bonchev–Trinajstić information content (AvgIpc) is 2.66. The molecule has 1 atom stereocenters. The van der Waals surface area contributed by atoms with Crippen molar-refractivity contribution < 1.29 is 0 Å². The van der Waals surface area contributed by atoms with Crippen molar-refractivity contribution in [2.75, 3.05) is 0 Å². The Morgan fingerprint density at radius 2 is 2.00 bits per heavy atom. The van der Waals surface area contributed by atoms with Gasteiger partial charge in [0.1, 0.15) is 0 Å². The van der Waals surface area contributed by atoms with Gasteiger partial charge in [-0.1, -0.05) is 43.7 Å². The Labute approximate surface area is 98.4 Å². The van der Waals surface area contributed by atoms with Crippen molar-refractivity contribution in [3.8, 4) is 0 Å². The molecule has 16 heavy (non-hydrogen) atoms. The summed E-state index contributed by atoms with van der Waals surface area (Å²) >= 11 is 0. The largest absolute Gasteiger partial charge is 0.0625 e. The molecule has 84 valence electrons. The lowest BCUT2D eigenvalue weighted by Crippen LogP contribution is -2.13. The summed E-state index contributed by atoms with van der Waals surface area (Å²) in [5.74, 6) is 1.74. The van der Waals surface area contributed by atoms with Crippen LogP contribution in [-0.4, -0.2) is 0 Å². The third-order valence-corrected chi connectivity index (χ3v) is 4.40. The van der Waals surface area contributed by atoms with Crippen molar-refractivity contribution in [3.05, 3.63) is 41.0 Å². The molecule has 0 heterocycles. The first kappa shape index (κ1) is 10.1. The van der Waals surface area contributed by atoms with E-state index in [4.69, 9.17) is 0 Å². The smallest absolute Gasteiger partial charge is 0.00550 e. The lowest BCUT2D eigenvalue weighted by molar-refractivity contribution is 0.357. The molecule has 0 saturated carbocycles. The lowest BCUT2D eigenvalue weighted by atomic mass is 9.78. The fourth-order valence-electron chi connectivity index (χ4n) is 3.28. The van der Waals surface area contributed by atoms with Gasteiger partial charge in [-0.15, -0.1) is 0 Å². The van der Waals surface area contributed by atoms with Gasteiger partial charge in [0, 0.05) is 0 Å². The molecular weight excluding hydrogens is 192 g/mol. The maximum atomic E-state index is 2.37. The van der Waals surface area contributed by atoms with E-state index in [0.29, 0.717) is 0 Å². The van der Waals surface area contributed by atoms with E-state index in [1.807, 2.05) is 0 Å². The van der Waals surface area contributed by atoms with E-state index < -0.39 is 0 Å². The maximum absolute atomic E-state index is 2.37. The van der Waals surface area contributed by atoms with Crippen molar-refractivity contribution >= 4 is 5.57 Å². The molecule has 0 bridgehead atoms. The zero-order valence-corrected chi connectivity index (χ0v) is 10.3. The van der Waals surface area contributed by atoms with Gasteiger partial charge < -0.3 is 0 Å². The van der Waals surface area contributed by atoms with Crippen molar-refractivity contribution in [1.29, 1.82) is 0 Å². The van der Waals surface area contributed by atoms with E-state index in [2.05, 4.69) is 38.1 Å². The summed E-state index contributed by atoms with van der Waals surface area (Å²) in [5.41, 5.74) is 6.55. The first-order valence-corrected chi connectivity index (χ1v) is 6.55. The van der Waals surface area contributed by atoms with Crippen LogP contribution in [0.4, 0.5) is 0 Å². The fourth-order valence-corrected chi connectivity index (χ4v) is 3.28. The molecule has 0 aromatic heterocycles. The van der Waals surface area contributed by atoms with Gasteiger partial charge in [-0.05, 0) is 54.2 Å². The molecule has 0 heteroatoms. The second-order valence-electron chi connectivity index (χ2n) is 5.66. The van der Waals surface area contributed by atoms with Crippen LogP contribution in [0.25, 0.3) is 5.57 Å². The van der Waals surface area contributed by atoms with Gasteiger partial charge in [0.05, 0.1) is 0 Å². The number of benzene rings is 1. The zero-order chi connectivity index (χ0) is 11.1. The summed E-state index contributed by atoms with van der Waals surface area (Å²) < 4.78 is 0. The lowest BCUT2D eigenvalue weighted by Gasteiger charge is -2.27. The molecule has 2 aliphatic rings. The van der Waals surface area contributed by atoms with Crippen LogP contribution in [0.15, 0.2) is 29.8 Å². The van der Waals surface area contributed by atoms with E-state index in [1.54, 1.807) is 22.3 Å². The average molecular weight is 212 g/mol. The minimum atomic E-state index is 0.835. The number of hydrogen-bond acceptors (Lipinski definition) is 0. The van der Waals surface area contributed by atoms with Gasteiger partial charge in [0.15, 0.2) is 0 Å². The van der Waals surface area contributed by atoms with Gasteiger partial charge in [-0.3, -0.25) is 0 Å². The van der Waals surface area contributed by atoms with Gasteiger partial charge >= 0.3 is 0 Å². The summed E-state index contributed by atoms with van der Waals surface area (Å²) in [7, 11) is 0. The first-order valence-electron chi connectivity index (χ1n) is 6.55. The summed E-state index contributed by atoms with van der Waals surface area (Å²) in [4.78, 5) is 0. The van der Waals surface area contributed by atoms with Crippen molar-refractivity contribution in [1.82, 2.24) is 0 Å². The van der Waals surface area contributed by atoms with Crippen molar-refractivity contribution in [2.24, 2.45) is 11.8 Å². The Bertz CT molecular complexity index is 437. The van der Waals surface area contributed by atoms with E-state index in [0.717, 1.165) is 11.8 Å². The van der Waals surface area contributed by atoms with Crippen LogP contribution in [0.3, 0.4) is 0 Å². The monoisotopic (exact) mass is 212 g/mol. The molecule has 2 aliphatic carbocycles. The quantitative estimate of drug-likeness (QED) is 0.645.